The lowest BCUT2D eigenvalue weighted by Gasteiger charge is -2.29. The van der Waals surface area contributed by atoms with E-state index in [-0.39, 0.29) is 0 Å². The van der Waals surface area contributed by atoms with Crippen LogP contribution in [0.25, 0.3) is 10.7 Å². The SMILES string of the molecule is N[C@@H]1CCCN(Cc2csc(-c3ccccn3)n2)C1. The van der Waals surface area contributed by atoms with Crippen LogP contribution >= 0.6 is 11.3 Å². The van der Waals surface area contributed by atoms with E-state index in [1.165, 1.54) is 6.42 Å². The van der Waals surface area contributed by atoms with E-state index in [4.69, 9.17) is 5.73 Å². The molecule has 0 aromatic carbocycles. The van der Waals surface area contributed by atoms with Crippen molar-refractivity contribution in [3.8, 4) is 10.7 Å². The van der Waals surface area contributed by atoms with Gasteiger partial charge in [-0.2, -0.15) is 0 Å². The Bertz CT molecular complexity index is 525. The van der Waals surface area contributed by atoms with Gasteiger partial charge in [0, 0.05) is 30.7 Å². The Morgan fingerprint density at radius 3 is 3.16 bits per heavy atom. The van der Waals surface area contributed by atoms with Crippen molar-refractivity contribution in [2.24, 2.45) is 5.73 Å². The third-order valence-electron chi connectivity index (χ3n) is 3.36. The first-order chi connectivity index (χ1) is 9.31. The molecule has 1 atom stereocenters. The predicted octanol–water partition coefficient (Wildman–Crippen LogP) is 2.13. The molecule has 1 fully saturated rings. The van der Waals surface area contributed by atoms with Gasteiger partial charge in [-0.25, -0.2) is 4.98 Å². The van der Waals surface area contributed by atoms with Crippen LogP contribution in [-0.2, 0) is 6.54 Å². The third-order valence-corrected chi connectivity index (χ3v) is 4.28. The fraction of sp³-hybridized carbons (Fsp3) is 0.429. The van der Waals surface area contributed by atoms with Crippen molar-refractivity contribution in [3.63, 3.8) is 0 Å². The maximum Gasteiger partial charge on any atom is 0.142 e. The normalized spacial score (nSPS) is 20.6. The Morgan fingerprint density at radius 2 is 2.37 bits per heavy atom. The molecule has 0 aliphatic carbocycles. The van der Waals surface area contributed by atoms with E-state index in [0.29, 0.717) is 6.04 Å². The van der Waals surface area contributed by atoms with E-state index < -0.39 is 0 Å². The van der Waals surface area contributed by atoms with Crippen molar-refractivity contribution in [3.05, 3.63) is 35.5 Å². The summed E-state index contributed by atoms with van der Waals surface area (Å²) in [5, 5.41) is 3.13. The average Bonchev–Trinajstić information content (AvgIpc) is 2.88. The van der Waals surface area contributed by atoms with Gasteiger partial charge in [-0.15, -0.1) is 11.3 Å². The first kappa shape index (κ1) is 12.7. The molecule has 0 unspecified atom stereocenters. The predicted molar refractivity (Wildman–Crippen MR) is 77.8 cm³/mol. The van der Waals surface area contributed by atoms with Crippen molar-refractivity contribution in [2.75, 3.05) is 13.1 Å². The molecule has 2 aromatic heterocycles. The molecule has 1 aliphatic rings. The highest BCUT2D eigenvalue weighted by molar-refractivity contribution is 7.13. The zero-order valence-electron chi connectivity index (χ0n) is 10.8. The zero-order valence-corrected chi connectivity index (χ0v) is 11.6. The van der Waals surface area contributed by atoms with Gasteiger partial charge in [0.1, 0.15) is 5.01 Å². The second kappa shape index (κ2) is 5.77. The van der Waals surface area contributed by atoms with Crippen LogP contribution < -0.4 is 5.73 Å². The first-order valence-corrected chi connectivity index (χ1v) is 7.53. The fourth-order valence-electron chi connectivity index (χ4n) is 2.45. The highest BCUT2D eigenvalue weighted by Crippen LogP contribution is 2.22. The minimum atomic E-state index is 0.322. The Labute approximate surface area is 117 Å². The summed E-state index contributed by atoms with van der Waals surface area (Å²) in [6.07, 6.45) is 4.14. The van der Waals surface area contributed by atoms with E-state index in [2.05, 4.69) is 20.2 Å². The molecule has 0 bridgehead atoms. The smallest absolute Gasteiger partial charge is 0.142 e. The summed E-state index contributed by atoms with van der Waals surface area (Å²) in [5.74, 6) is 0. The number of nitrogens with two attached hydrogens (primary N) is 1. The molecule has 2 N–H and O–H groups in total. The van der Waals surface area contributed by atoms with Crippen molar-refractivity contribution >= 4 is 11.3 Å². The van der Waals surface area contributed by atoms with Crippen molar-refractivity contribution in [1.82, 2.24) is 14.9 Å². The van der Waals surface area contributed by atoms with E-state index >= 15 is 0 Å². The topological polar surface area (TPSA) is 55.0 Å². The third kappa shape index (κ3) is 3.18. The van der Waals surface area contributed by atoms with Crippen molar-refractivity contribution in [1.29, 1.82) is 0 Å². The van der Waals surface area contributed by atoms with Gasteiger partial charge in [-0.3, -0.25) is 9.88 Å². The molecular weight excluding hydrogens is 256 g/mol. The number of aromatic nitrogens is 2. The molecule has 5 heteroatoms. The van der Waals surface area contributed by atoms with E-state index in [1.54, 1.807) is 17.5 Å². The minimum Gasteiger partial charge on any atom is -0.327 e. The summed E-state index contributed by atoms with van der Waals surface area (Å²) in [6, 6.07) is 6.24. The molecule has 1 aliphatic heterocycles. The highest BCUT2D eigenvalue weighted by atomic mass is 32.1. The van der Waals surface area contributed by atoms with Gasteiger partial charge in [0.25, 0.3) is 0 Å². The number of hydrogen-bond donors (Lipinski definition) is 1. The molecular formula is C14H18N4S. The number of rotatable bonds is 3. The summed E-state index contributed by atoms with van der Waals surface area (Å²) in [5.41, 5.74) is 8.08. The van der Waals surface area contributed by atoms with Gasteiger partial charge in [-0.1, -0.05) is 6.07 Å². The highest BCUT2D eigenvalue weighted by Gasteiger charge is 2.17. The van der Waals surface area contributed by atoms with Gasteiger partial charge < -0.3 is 5.73 Å². The van der Waals surface area contributed by atoms with Crippen LogP contribution in [0.4, 0.5) is 0 Å². The van der Waals surface area contributed by atoms with Crippen molar-refractivity contribution < 1.29 is 0 Å². The summed E-state index contributed by atoms with van der Waals surface area (Å²) < 4.78 is 0. The lowest BCUT2D eigenvalue weighted by molar-refractivity contribution is 0.200. The number of nitrogens with zero attached hydrogens (tertiary/aromatic N) is 3. The van der Waals surface area contributed by atoms with E-state index in [9.17, 15) is 0 Å². The summed E-state index contributed by atoms with van der Waals surface area (Å²) in [7, 11) is 0. The molecule has 3 heterocycles. The molecule has 19 heavy (non-hydrogen) atoms. The van der Waals surface area contributed by atoms with Crippen LogP contribution in [0, 0.1) is 0 Å². The molecule has 0 radical (unpaired) electrons. The maximum absolute atomic E-state index is 6.01. The number of thiazole rings is 1. The molecule has 0 saturated carbocycles. The van der Waals surface area contributed by atoms with Gasteiger partial charge >= 0.3 is 0 Å². The van der Waals surface area contributed by atoms with Crippen LogP contribution in [0.3, 0.4) is 0 Å². The van der Waals surface area contributed by atoms with Crippen LogP contribution in [0.1, 0.15) is 18.5 Å². The summed E-state index contributed by atoms with van der Waals surface area (Å²) in [4.78, 5) is 11.4. The second-order valence-electron chi connectivity index (χ2n) is 5.00. The Balaban J connectivity index is 1.68. The lowest BCUT2D eigenvalue weighted by atomic mass is 10.1. The zero-order chi connectivity index (χ0) is 13.1. The Morgan fingerprint density at radius 1 is 1.42 bits per heavy atom. The van der Waals surface area contributed by atoms with Crippen LogP contribution in [-0.4, -0.2) is 34.0 Å². The first-order valence-electron chi connectivity index (χ1n) is 6.65. The van der Waals surface area contributed by atoms with Gasteiger partial charge in [0.05, 0.1) is 11.4 Å². The molecule has 0 spiro atoms. The molecule has 2 aromatic rings. The van der Waals surface area contributed by atoms with Gasteiger partial charge in [-0.05, 0) is 31.5 Å². The fourth-order valence-corrected chi connectivity index (χ4v) is 3.24. The molecule has 100 valence electrons. The molecule has 0 amide bonds. The van der Waals surface area contributed by atoms with E-state index in [0.717, 1.165) is 42.5 Å². The largest absolute Gasteiger partial charge is 0.327 e. The van der Waals surface area contributed by atoms with Gasteiger partial charge in [0.2, 0.25) is 0 Å². The Kier molecular flexibility index (Phi) is 3.87. The number of pyridine rings is 1. The number of hydrogen-bond acceptors (Lipinski definition) is 5. The maximum atomic E-state index is 6.01. The molecule has 3 rings (SSSR count). The van der Waals surface area contributed by atoms with E-state index in [1.807, 2.05) is 18.2 Å². The number of likely N-dealkylation sites (tertiary alicyclic amines) is 1. The lowest BCUT2D eigenvalue weighted by Crippen LogP contribution is -2.42. The Hall–Kier alpha value is -1.30. The van der Waals surface area contributed by atoms with Crippen LogP contribution in [0.15, 0.2) is 29.8 Å². The molecule has 1 saturated heterocycles. The molecule has 4 nitrogen and oxygen atoms in total. The summed E-state index contributed by atoms with van der Waals surface area (Å²) >= 11 is 1.66. The second-order valence-corrected chi connectivity index (χ2v) is 5.85. The van der Waals surface area contributed by atoms with Crippen LogP contribution in [0.2, 0.25) is 0 Å². The standard InChI is InChI=1S/C14H18N4S/c15-11-4-3-7-18(8-11)9-12-10-19-14(17-12)13-5-1-2-6-16-13/h1-2,5-6,10-11H,3-4,7-9,15H2/t11-/m1/s1. The van der Waals surface area contributed by atoms with Crippen LogP contribution in [0.5, 0.6) is 0 Å². The number of piperidine rings is 1. The average molecular weight is 274 g/mol. The summed E-state index contributed by atoms with van der Waals surface area (Å²) in [6.45, 7) is 3.01. The minimum absolute atomic E-state index is 0.322. The monoisotopic (exact) mass is 274 g/mol. The quantitative estimate of drug-likeness (QED) is 0.931. The van der Waals surface area contributed by atoms with Gasteiger partial charge in [0.15, 0.2) is 0 Å². The van der Waals surface area contributed by atoms with Crippen molar-refractivity contribution in [2.45, 2.75) is 25.4 Å².